The highest BCUT2D eigenvalue weighted by molar-refractivity contribution is 6.33. The molecule has 0 fully saturated rings. The smallest absolute Gasteiger partial charge is 0.225 e. The average Bonchev–Trinajstić information content (AvgIpc) is 2.49. The third kappa shape index (κ3) is 4.01. The number of ketones is 1. The number of anilines is 1. The summed E-state index contributed by atoms with van der Waals surface area (Å²) in [6.45, 7) is 1.44. The molecular formula is C16H13NO4. The number of rotatable bonds is 5. The van der Waals surface area contributed by atoms with Gasteiger partial charge in [0.15, 0.2) is 6.29 Å². The molecule has 5 heteroatoms. The first kappa shape index (κ1) is 14.5. The minimum atomic E-state index is -0.568. The van der Waals surface area contributed by atoms with Gasteiger partial charge in [-0.05, 0) is 48.5 Å². The Morgan fingerprint density at radius 3 is 1.95 bits per heavy atom. The number of Topliss-reactive ketones (excluding diaryl/α,β-unsaturated/α-hetero) is 1. The Morgan fingerprint density at radius 1 is 0.952 bits per heavy atom. The van der Waals surface area contributed by atoms with Crippen molar-refractivity contribution in [2.45, 2.75) is 6.92 Å². The molecule has 0 aliphatic carbocycles. The van der Waals surface area contributed by atoms with Gasteiger partial charge in [0, 0.05) is 18.2 Å². The normalized spacial score (nSPS) is 9.76. The van der Waals surface area contributed by atoms with Gasteiger partial charge in [-0.1, -0.05) is 0 Å². The zero-order valence-electron chi connectivity index (χ0n) is 11.3. The van der Waals surface area contributed by atoms with Crippen molar-refractivity contribution in [1.29, 1.82) is 0 Å². The molecule has 0 aromatic heterocycles. The van der Waals surface area contributed by atoms with E-state index in [1.54, 1.807) is 36.4 Å². The van der Waals surface area contributed by atoms with Gasteiger partial charge in [0.25, 0.3) is 0 Å². The Hall–Kier alpha value is -2.95. The summed E-state index contributed by atoms with van der Waals surface area (Å²) in [6.07, 6.45) is 0.274. The fourth-order valence-electron chi connectivity index (χ4n) is 1.70. The summed E-state index contributed by atoms with van der Waals surface area (Å²) in [5.41, 5.74) is 1.00. The van der Waals surface area contributed by atoms with Gasteiger partial charge >= 0.3 is 0 Å². The highest BCUT2D eigenvalue weighted by atomic mass is 16.5. The van der Waals surface area contributed by atoms with E-state index in [-0.39, 0.29) is 12.2 Å². The maximum Gasteiger partial charge on any atom is 0.225 e. The molecule has 2 aromatic rings. The van der Waals surface area contributed by atoms with Crippen LogP contribution in [0.25, 0.3) is 0 Å². The summed E-state index contributed by atoms with van der Waals surface area (Å²) in [5.74, 6) is 0.434. The summed E-state index contributed by atoms with van der Waals surface area (Å²) < 4.78 is 5.59. The fraction of sp³-hybridized carbons (Fsp3) is 0.0625. The Morgan fingerprint density at radius 2 is 1.48 bits per heavy atom. The van der Waals surface area contributed by atoms with Crippen LogP contribution in [0, 0.1) is 0 Å². The standard InChI is InChI=1S/C16H13NO4/c1-11(19)17-13-4-8-15(9-5-13)21-14-6-2-12(3-7-14)16(20)10-18/h2-10H,1H3,(H,17,19). The first-order valence-corrected chi connectivity index (χ1v) is 6.23. The van der Waals surface area contributed by atoms with Crippen LogP contribution in [0.5, 0.6) is 11.5 Å². The van der Waals surface area contributed by atoms with E-state index in [1.165, 1.54) is 19.1 Å². The minimum Gasteiger partial charge on any atom is -0.457 e. The molecule has 106 valence electrons. The van der Waals surface area contributed by atoms with Gasteiger partial charge in [0.2, 0.25) is 11.7 Å². The van der Waals surface area contributed by atoms with Gasteiger partial charge in [0.1, 0.15) is 11.5 Å². The van der Waals surface area contributed by atoms with Crippen molar-refractivity contribution in [2.24, 2.45) is 0 Å². The molecule has 2 rings (SSSR count). The van der Waals surface area contributed by atoms with E-state index in [2.05, 4.69) is 5.32 Å². The number of ether oxygens (including phenoxy) is 1. The number of nitrogens with one attached hydrogen (secondary N) is 1. The van der Waals surface area contributed by atoms with Gasteiger partial charge in [-0.3, -0.25) is 14.4 Å². The zero-order chi connectivity index (χ0) is 15.2. The minimum absolute atomic E-state index is 0.140. The second kappa shape index (κ2) is 6.47. The van der Waals surface area contributed by atoms with Crippen LogP contribution in [0.1, 0.15) is 17.3 Å². The Labute approximate surface area is 121 Å². The molecule has 5 nitrogen and oxygen atoms in total. The predicted molar refractivity (Wildman–Crippen MR) is 77.7 cm³/mol. The average molecular weight is 283 g/mol. The van der Waals surface area contributed by atoms with Crippen LogP contribution in [-0.2, 0) is 9.59 Å². The van der Waals surface area contributed by atoms with Crippen molar-refractivity contribution in [1.82, 2.24) is 0 Å². The molecule has 0 radical (unpaired) electrons. The van der Waals surface area contributed by atoms with E-state index < -0.39 is 5.78 Å². The molecule has 0 aliphatic rings. The molecule has 1 amide bonds. The third-order valence-electron chi connectivity index (χ3n) is 2.66. The first-order chi connectivity index (χ1) is 10.1. The molecule has 0 aliphatic heterocycles. The Bertz CT molecular complexity index is 660. The summed E-state index contributed by atoms with van der Waals surface area (Å²) in [5, 5.41) is 2.66. The third-order valence-corrected chi connectivity index (χ3v) is 2.66. The molecule has 0 bridgehead atoms. The Balaban J connectivity index is 2.06. The fourth-order valence-corrected chi connectivity index (χ4v) is 1.70. The van der Waals surface area contributed by atoms with Crippen LogP contribution in [-0.4, -0.2) is 18.0 Å². The lowest BCUT2D eigenvalue weighted by atomic mass is 10.1. The molecule has 0 heterocycles. The van der Waals surface area contributed by atoms with Crippen molar-refractivity contribution in [3.8, 4) is 11.5 Å². The van der Waals surface area contributed by atoms with Gasteiger partial charge in [-0.2, -0.15) is 0 Å². The van der Waals surface area contributed by atoms with E-state index >= 15 is 0 Å². The summed E-state index contributed by atoms with van der Waals surface area (Å²) in [7, 11) is 0. The van der Waals surface area contributed by atoms with Crippen LogP contribution >= 0.6 is 0 Å². The van der Waals surface area contributed by atoms with E-state index in [0.717, 1.165) is 0 Å². The maximum absolute atomic E-state index is 11.2. The van der Waals surface area contributed by atoms with Crippen LogP contribution in [0.3, 0.4) is 0 Å². The molecule has 21 heavy (non-hydrogen) atoms. The molecule has 0 saturated carbocycles. The first-order valence-electron chi connectivity index (χ1n) is 6.23. The van der Waals surface area contributed by atoms with Crippen molar-refractivity contribution in [3.05, 3.63) is 54.1 Å². The van der Waals surface area contributed by atoms with E-state index in [0.29, 0.717) is 22.7 Å². The lowest BCUT2D eigenvalue weighted by Gasteiger charge is -2.07. The monoisotopic (exact) mass is 283 g/mol. The topological polar surface area (TPSA) is 72.5 Å². The highest BCUT2D eigenvalue weighted by Gasteiger charge is 2.04. The molecule has 2 aromatic carbocycles. The molecule has 1 N–H and O–H groups in total. The van der Waals surface area contributed by atoms with E-state index in [1.807, 2.05) is 0 Å². The second-order valence-electron chi connectivity index (χ2n) is 4.31. The predicted octanol–water partition coefficient (Wildman–Crippen LogP) is 2.82. The summed E-state index contributed by atoms with van der Waals surface area (Å²) in [4.78, 5) is 32.5. The molecule has 0 atom stereocenters. The van der Waals surface area contributed by atoms with E-state index in [4.69, 9.17) is 4.74 Å². The maximum atomic E-state index is 11.2. The van der Waals surface area contributed by atoms with Gasteiger partial charge in [-0.15, -0.1) is 0 Å². The molecule has 0 unspecified atom stereocenters. The zero-order valence-corrected chi connectivity index (χ0v) is 11.3. The quantitative estimate of drug-likeness (QED) is 0.520. The van der Waals surface area contributed by atoms with Crippen molar-refractivity contribution in [3.63, 3.8) is 0 Å². The lowest BCUT2D eigenvalue weighted by molar-refractivity contribution is -0.114. The molecular weight excluding hydrogens is 270 g/mol. The molecule has 0 spiro atoms. The number of carbonyl (C=O) groups is 3. The number of amides is 1. The van der Waals surface area contributed by atoms with Gasteiger partial charge in [0.05, 0.1) is 0 Å². The number of carbonyl (C=O) groups excluding carboxylic acids is 3. The van der Waals surface area contributed by atoms with Gasteiger partial charge in [-0.25, -0.2) is 0 Å². The van der Waals surface area contributed by atoms with Crippen LogP contribution in [0.15, 0.2) is 48.5 Å². The summed E-state index contributed by atoms with van der Waals surface area (Å²) >= 11 is 0. The van der Waals surface area contributed by atoms with Crippen LogP contribution < -0.4 is 10.1 Å². The molecule has 0 saturated heterocycles. The highest BCUT2D eigenvalue weighted by Crippen LogP contribution is 2.23. The van der Waals surface area contributed by atoms with E-state index in [9.17, 15) is 14.4 Å². The van der Waals surface area contributed by atoms with Crippen molar-refractivity contribution < 1.29 is 19.1 Å². The van der Waals surface area contributed by atoms with Crippen molar-refractivity contribution in [2.75, 3.05) is 5.32 Å². The van der Waals surface area contributed by atoms with Crippen LogP contribution in [0.4, 0.5) is 5.69 Å². The number of aldehydes is 1. The number of hydrogen-bond donors (Lipinski definition) is 1. The number of benzene rings is 2. The van der Waals surface area contributed by atoms with Gasteiger partial charge < -0.3 is 10.1 Å². The summed E-state index contributed by atoms with van der Waals surface area (Å²) in [6, 6.07) is 13.2. The van der Waals surface area contributed by atoms with Crippen molar-refractivity contribution >= 4 is 23.7 Å². The second-order valence-corrected chi connectivity index (χ2v) is 4.31. The Kier molecular flexibility index (Phi) is 4.46. The van der Waals surface area contributed by atoms with Crippen LogP contribution in [0.2, 0.25) is 0 Å². The largest absolute Gasteiger partial charge is 0.457 e. The number of hydrogen-bond acceptors (Lipinski definition) is 4. The lowest BCUT2D eigenvalue weighted by Crippen LogP contribution is -2.05. The SMILES string of the molecule is CC(=O)Nc1ccc(Oc2ccc(C(=O)C=O)cc2)cc1.